The van der Waals surface area contributed by atoms with Gasteiger partial charge in [0.15, 0.2) is 11.5 Å². The summed E-state index contributed by atoms with van der Waals surface area (Å²) in [4.78, 5) is 12.4. The number of nitrogens with one attached hydrogen (secondary N) is 1. The number of aliphatic hydroxyl groups excluding tert-OH is 1. The van der Waals surface area contributed by atoms with Crippen LogP contribution in [-0.4, -0.2) is 36.9 Å². The fraction of sp³-hybridized carbons (Fsp3) is 0.562. The van der Waals surface area contributed by atoms with Gasteiger partial charge in [-0.2, -0.15) is 0 Å². The van der Waals surface area contributed by atoms with Crippen LogP contribution in [0.2, 0.25) is 5.02 Å². The first kappa shape index (κ1) is 16.9. The van der Waals surface area contributed by atoms with Crippen LogP contribution in [0.15, 0.2) is 12.1 Å². The van der Waals surface area contributed by atoms with E-state index >= 15 is 0 Å². The van der Waals surface area contributed by atoms with Gasteiger partial charge in [-0.25, -0.2) is 0 Å². The van der Waals surface area contributed by atoms with Gasteiger partial charge in [-0.05, 0) is 44.7 Å². The van der Waals surface area contributed by atoms with Crippen molar-refractivity contribution in [2.45, 2.75) is 44.8 Å². The molecule has 5 nitrogen and oxygen atoms in total. The number of halogens is 1. The minimum absolute atomic E-state index is 0.0900. The second-order valence-corrected chi connectivity index (χ2v) is 5.81. The first-order valence-electron chi connectivity index (χ1n) is 7.54. The van der Waals surface area contributed by atoms with Crippen molar-refractivity contribution in [2.75, 3.05) is 13.7 Å². The molecule has 1 saturated carbocycles. The predicted octanol–water partition coefficient (Wildman–Crippen LogP) is 2.78. The van der Waals surface area contributed by atoms with E-state index in [4.69, 9.17) is 21.1 Å². The van der Waals surface area contributed by atoms with E-state index in [2.05, 4.69) is 5.32 Å². The van der Waals surface area contributed by atoms with Crippen LogP contribution in [-0.2, 0) is 0 Å². The molecular formula is C16H22ClNO4. The minimum Gasteiger partial charge on any atom is -0.493 e. The second kappa shape index (κ2) is 7.70. The molecule has 2 rings (SSSR count). The molecule has 6 heteroatoms. The van der Waals surface area contributed by atoms with E-state index < -0.39 is 0 Å². The van der Waals surface area contributed by atoms with Crippen LogP contribution < -0.4 is 14.8 Å². The topological polar surface area (TPSA) is 67.8 Å². The standard InChI is InChI=1S/C16H22ClNO4/c1-3-22-15-13(17)8-10(9-14(15)21-2)16(20)18-11-4-6-12(19)7-5-11/h8-9,11-12,19H,3-7H2,1-2H3,(H,18,20). The molecule has 1 amide bonds. The third kappa shape index (κ3) is 4.05. The molecule has 0 heterocycles. The number of methoxy groups -OCH3 is 1. The highest BCUT2D eigenvalue weighted by molar-refractivity contribution is 6.32. The Hall–Kier alpha value is -1.46. The first-order valence-corrected chi connectivity index (χ1v) is 7.92. The number of hydrogen-bond acceptors (Lipinski definition) is 4. The second-order valence-electron chi connectivity index (χ2n) is 5.40. The van der Waals surface area contributed by atoms with Crippen LogP contribution in [0.1, 0.15) is 43.0 Å². The van der Waals surface area contributed by atoms with Crippen molar-refractivity contribution < 1.29 is 19.4 Å². The number of benzene rings is 1. The molecule has 0 bridgehead atoms. The Balaban J connectivity index is 2.11. The fourth-order valence-electron chi connectivity index (χ4n) is 2.62. The molecular weight excluding hydrogens is 306 g/mol. The molecule has 0 atom stereocenters. The largest absolute Gasteiger partial charge is 0.493 e. The minimum atomic E-state index is -0.242. The molecule has 0 saturated heterocycles. The summed E-state index contributed by atoms with van der Waals surface area (Å²) in [7, 11) is 1.51. The van der Waals surface area contributed by atoms with Gasteiger partial charge in [0.05, 0.1) is 24.8 Å². The Kier molecular flexibility index (Phi) is 5.91. The average Bonchev–Trinajstić information content (AvgIpc) is 2.51. The van der Waals surface area contributed by atoms with Crippen LogP contribution in [0, 0.1) is 0 Å². The van der Waals surface area contributed by atoms with Gasteiger partial charge in [-0.3, -0.25) is 4.79 Å². The maximum Gasteiger partial charge on any atom is 0.251 e. The number of amides is 1. The highest BCUT2D eigenvalue weighted by Gasteiger charge is 2.22. The summed E-state index contributed by atoms with van der Waals surface area (Å²) in [6, 6.07) is 3.30. The van der Waals surface area contributed by atoms with Gasteiger partial charge in [-0.15, -0.1) is 0 Å². The SMILES string of the molecule is CCOc1c(Cl)cc(C(=O)NC2CCC(O)CC2)cc1OC. The molecule has 2 N–H and O–H groups in total. The molecule has 1 fully saturated rings. The number of rotatable bonds is 5. The summed E-state index contributed by atoms with van der Waals surface area (Å²) >= 11 is 6.18. The maximum atomic E-state index is 12.4. The number of carbonyl (C=O) groups is 1. The van der Waals surface area contributed by atoms with Gasteiger partial charge in [-0.1, -0.05) is 11.6 Å². The number of carbonyl (C=O) groups excluding carboxylic acids is 1. The Morgan fingerprint density at radius 3 is 2.64 bits per heavy atom. The summed E-state index contributed by atoms with van der Waals surface area (Å²) in [6.07, 6.45) is 2.77. The highest BCUT2D eigenvalue weighted by atomic mass is 35.5. The summed E-state index contributed by atoms with van der Waals surface area (Å²) in [6.45, 7) is 2.32. The normalized spacial score (nSPS) is 21.3. The maximum absolute atomic E-state index is 12.4. The molecule has 1 aliphatic rings. The predicted molar refractivity (Wildman–Crippen MR) is 84.9 cm³/mol. The monoisotopic (exact) mass is 327 g/mol. The molecule has 1 aliphatic carbocycles. The van der Waals surface area contributed by atoms with E-state index in [1.165, 1.54) is 7.11 Å². The first-order chi connectivity index (χ1) is 10.5. The molecule has 0 spiro atoms. The van der Waals surface area contributed by atoms with Crippen LogP contribution in [0.25, 0.3) is 0 Å². The summed E-state index contributed by atoms with van der Waals surface area (Å²) < 4.78 is 10.7. The van der Waals surface area contributed by atoms with Crippen LogP contribution >= 0.6 is 11.6 Å². The van der Waals surface area contributed by atoms with Crippen molar-refractivity contribution in [3.63, 3.8) is 0 Å². The zero-order valence-electron chi connectivity index (χ0n) is 12.9. The Labute approximate surface area is 135 Å². The van der Waals surface area contributed by atoms with E-state index in [1.807, 2.05) is 6.92 Å². The van der Waals surface area contributed by atoms with Crippen molar-refractivity contribution >= 4 is 17.5 Å². The zero-order chi connectivity index (χ0) is 16.1. The van der Waals surface area contributed by atoms with E-state index in [0.717, 1.165) is 25.7 Å². The molecule has 122 valence electrons. The van der Waals surface area contributed by atoms with Crippen LogP contribution in [0.3, 0.4) is 0 Å². The molecule has 0 aliphatic heterocycles. The molecule has 22 heavy (non-hydrogen) atoms. The lowest BCUT2D eigenvalue weighted by Crippen LogP contribution is -2.38. The zero-order valence-corrected chi connectivity index (χ0v) is 13.7. The van der Waals surface area contributed by atoms with Gasteiger partial charge < -0.3 is 19.9 Å². The van der Waals surface area contributed by atoms with Crippen molar-refractivity contribution in [1.82, 2.24) is 5.32 Å². The van der Waals surface area contributed by atoms with Crippen LogP contribution in [0.4, 0.5) is 0 Å². The lowest BCUT2D eigenvalue weighted by Gasteiger charge is -2.26. The Bertz CT molecular complexity index is 527. The third-order valence-corrected chi connectivity index (χ3v) is 4.09. The van der Waals surface area contributed by atoms with Gasteiger partial charge in [0.2, 0.25) is 0 Å². The molecule has 0 unspecified atom stereocenters. The highest BCUT2D eigenvalue weighted by Crippen LogP contribution is 2.36. The Morgan fingerprint density at radius 2 is 2.05 bits per heavy atom. The summed E-state index contributed by atoms with van der Waals surface area (Å²) in [5.74, 6) is 0.701. The van der Waals surface area contributed by atoms with Crippen molar-refractivity contribution in [3.05, 3.63) is 22.7 Å². The van der Waals surface area contributed by atoms with Gasteiger partial charge >= 0.3 is 0 Å². The molecule has 0 radical (unpaired) electrons. The number of hydrogen-bond donors (Lipinski definition) is 2. The number of aliphatic hydroxyl groups is 1. The van der Waals surface area contributed by atoms with Gasteiger partial charge in [0, 0.05) is 11.6 Å². The van der Waals surface area contributed by atoms with Gasteiger partial charge in [0.25, 0.3) is 5.91 Å². The smallest absolute Gasteiger partial charge is 0.251 e. The van der Waals surface area contributed by atoms with E-state index in [9.17, 15) is 9.90 Å². The van der Waals surface area contributed by atoms with E-state index in [1.54, 1.807) is 12.1 Å². The lowest BCUT2D eigenvalue weighted by atomic mass is 9.93. The Morgan fingerprint density at radius 1 is 1.36 bits per heavy atom. The molecule has 0 aromatic heterocycles. The third-order valence-electron chi connectivity index (χ3n) is 3.81. The molecule has 1 aromatic carbocycles. The van der Waals surface area contributed by atoms with E-state index in [-0.39, 0.29) is 18.1 Å². The lowest BCUT2D eigenvalue weighted by molar-refractivity contribution is 0.0867. The quantitative estimate of drug-likeness (QED) is 0.872. The van der Waals surface area contributed by atoms with Crippen molar-refractivity contribution in [1.29, 1.82) is 0 Å². The fourth-order valence-corrected chi connectivity index (χ4v) is 2.89. The van der Waals surface area contributed by atoms with Crippen molar-refractivity contribution in [3.8, 4) is 11.5 Å². The average molecular weight is 328 g/mol. The summed E-state index contributed by atoms with van der Waals surface area (Å²) in [5.41, 5.74) is 0.441. The summed E-state index contributed by atoms with van der Waals surface area (Å²) in [5, 5.41) is 12.8. The number of ether oxygens (including phenoxy) is 2. The van der Waals surface area contributed by atoms with E-state index in [0.29, 0.717) is 28.7 Å². The van der Waals surface area contributed by atoms with Crippen molar-refractivity contribution in [2.24, 2.45) is 0 Å². The van der Waals surface area contributed by atoms with Gasteiger partial charge in [0.1, 0.15) is 0 Å². The molecule has 1 aromatic rings. The van der Waals surface area contributed by atoms with Crippen LogP contribution in [0.5, 0.6) is 11.5 Å².